The number of carbonyl (C=O) groups excluding carboxylic acids is 2. The van der Waals surface area contributed by atoms with Crippen molar-refractivity contribution in [2.24, 2.45) is 5.73 Å². The molecule has 0 aromatic carbocycles. The molecule has 0 heterocycles. The lowest BCUT2D eigenvalue weighted by molar-refractivity contribution is -0.161. The van der Waals surface area contributed by atoms with Gasteiger partial charge < -0.3 is 20.1 Å². The minimum absolute atomic E-state index is 0.0572. The lowest BCUT2D eigenvalue weighted by Crippen LogP contribution is -2.29. The van der Waals surface area contributed by atoms with Crippen molar-refractivity contribution in [3.05, 3.63) is 12.2 Å². The average Bonchev–Trinajstić information content (AvgIpc) is 3.37. The molecule has 0 radical (unpaired) electrons. The number of phosphoric acid groups is 1. The quantitative estimate of drug-likeness (QED) is 0.0264. The zero-order valence-electron chi connectivity index (χ0n) is 48.0. The number of ether oxygens (including phenoxy) is 2. The summed E-state index contributed by atoms with van der Waals surface area (Å²) in [6, 6.07) is 0. The van der Waals surface area contributed by atoms with E-state index in [1.54, 1.807) is 0 Å². The molecular weight excluding hydrogens is 918 g/mol. The van der Waals surface area contributed by atoms with Crippen LogP contribution in [0.25, 0.3) is 0 Å². The number of unbranched alkanes of at least 4 members (excludes halogenated alkanes) is 46. The molecule has 3 N–H and O–H groups in total. The predicted octanol–water partition coefficient (Wildman–Crippen LogP) is 20.0. The van der Waals surface area contributed by atoms with Crippen molar-refractivity contribution in [2.75, 3.05) is 26.4 Å². The minimum atomic E-state index is -4.38. The summed E-state index contributed by atoms with van der Waals surface area (Å²) in [6.45, 7) is 3.82. The Labute approximate surface area is 447 Å². The summed E-state index contributed by atoms with van der Waals surface area (Å²) in [5, 5.41) is 0. The fourth-order valence-electron chi connectivity index (χ4n) is 9.69. The zero-order chi connectivity index (χ0) is 52.4. The molecule has 0 aromatic rings. The second kappa shape index (κ2) is 59.0. The topological polar surface area (TPSA) is 134 Å². The summed E-state index contributed by atoms with van der Waals surface area (Å²) in [5.74, 6) is -0.804. The SMILES string of the molecule is CCCCCCCCCC/C=C\CCCCCCCCCCCCCCCC(=O)OC(COC(=O)CCCCCCCCCCCCCCCCCCCCCCCCCCCC)COP(=O)(O)OCCN. The van der Waals surface area contributed by atoms with Gasteiger partial charge >= 0.3 is 19.8 Å². The van der Waals surface area contributed by atoms with E-state index >= 15 is 0 Å². The van der Waals surface area contributed by atoms with E-state index < -0.39 is 26.5 Å². The van der Waals surface area contributed by atoms with Gasteiger partial charge in [-0.25, -0.2) is 4.57 Å². The first-order chi connectivity index (χ1) is 35.3. The molecule has 0 saturated carbocycles. The third kappa shape index (κ3) is 58.0. The largest absolute Gasteiger partial charge is 0.472 e. The van der Waals surface area contributed by atoms with Gasteiger partial charge in [-0.05, 0) is 38.5 Å². The average molecular weight is 1040 g/mol. The highest BCUT2D eigenvalue weighted by molar-refractivity contribution is 7.47. The maximum Gasteiger partial charge on any atom is 0.472 e. The van der Waals surface area contributed by atoms with Crippen LogP contribution in [0.5, 0.6) is 0 Å². The molecule has 0 aliphatic rings. The van der Waals surface area contributed by atoms with Crippen LogP contribution >= 0.6 is 7.82 Å². The smallest absolute Gasteiger partial charge is 0.462 e. The lowest BCUT2D eigenvalue weighted by Gasteiger charge is -2.19. The van der Waals surface area contributed by atoms with Crippen LogP contribution in [0.2, 0.25) is 0 Å². The normalized spacial score (nSPS) is 13.0. The predicted molar refractivity (Wildman–Crippen MR) is 308 cm³/mol. The van der Waals surface area contributed by atoms with Crippen molar-refractivity contribution in [1.82, 2.24) is 0 Å². The van der Waals surface area contributed by atoms with Gasteiger partial charge in [-0.15, -0.1) is 0 Å². The van der Waals surface area contributed by atoms with Crippen LogP contribution in [-0.4, -0.2) is 49.3 Å². The molecule has 2 atom stereocenters. The Kier molecular flexibility index (Phi) is 58.0. The molecular formula is C62H122NO8P. The number of phosphoric ester groups is 1. The maximum atomic E-state index is 12.7. The third-order valence-electron chi connectivity index (χ3n) is 14.4. The summed E-state index contributed by atoms with van der Waals surface area (Å²) in [6.07, 6.45) is 68.6. The van der Waals surface area contributed by atoms with Crippen LogP contribution in [0, 0.1) is 0 Å². The molecule has 428 valence electrons. The van der Waals surface area contributed by atoms with Gasteiger partial charge in [-0.2, -0.15) is 0 Å². The first kappa shape index (κ1) is 70.8. The molecule has 0 amide bonds. The maximum absolute atomic E-state index is 12.7. The Morgan fingerprint density at radius 1 is 0.403 bits per heavy atom. The molecule has 10 heteroatoms. The summed E-state index contributed by atoms with van der Waals surface area (Å²) in [4.78, 5) is 35.3. The van der Waals surface area contributed by atoms with Crippen molar-refractivity contribution in [1.29, 1.82) is 0 Å². The molecule has 9 nitrogen and oxygen atoms in total. The Morgan fingerprint density at radius 3 is 0.986 bits per heavy atom. The van der Waals surface area contributed by atoms with Crippen molar-refractivity contribution < 1.29 is 37.6 Å². The van der Waals surface area contributed by atoms with Gasteiger partial charge in [0.1, 0.15) is 6.61 Å². The van der Waals surface area contributed by atoms with E-state index in [0.717, 1.165) is 32.1 Å². The molecule has 0 saturated heterocycles. The summed E-state index contributed by atoms with van der Waals surface area (Å²) < 4.78 is 33.1. The van der Waals surface area contributed by atoms with Crippen molar-refractivity contribution in [2.45, 2.75) is 347 Å². The Morgan fingerprint density at radius 2 is 0.681 bits per heavy atom. The number of esters is 2. The van der Waals surface area contributed by atoms with Gasteiger partial charge in [0.25, 0.3) is 0 Å². The van der Waals surface area contributed by atoms with Crippen LogP contribution in [0.4, 0.5) is 0 Å². The summed E-state index contributed by atoms with van der Waals surface area (Å²) >= 11 is 0. The summed E-state index contributed by atoms with van der Waals surface area (Å²) in [5.41, 5.74) is 5.39. The van der Waals surface area contributed by atoms with E-state index in [1.807, 2.05) is 0 Å². The van der Waals surface area contributed by atoms with Gasteiger partial charge in [-0.1, -0.05) is 302 Å². The van der Waals surface area contributed by atoms with Crippen LogP contribution < -0.4 is 5.73 Å². The van der Waals surface area contributed by atoms with E-state index in [0.29, 0.717) is 6.42 Å². The second-order valence-corrected chi connectivity index (χ2v) is 23.1. The van der Waals surface area contributed by atoms with E-state index in [-0.39, 0.29) is 38.6 Å². The first-order valence-corrected chi connectivity index (χ1v) is 33.2. The minimum Gasteiger partial charge on any atom is -0.462 e. The molecule has 0 rings (SSSR count). The van der Waals surface area contributed by atoms with E-state index in [1.165, 1.54) is 276 Å². The lowest BCUT2D eigenvalue weighted by atomic mass is 10.0. The molecule has 72 heavy (non-hydrogen) atoms. The van der Waals surface area contributed by atoms with Gasteiger partial charge in [0.05, 0.1) is 13.2 Å². The fourth-order valence-corrected chi connectivity index (χ4v) is 10.5. The van der Waals surface area contributed by atoms with Crippen molar-refractivity contribution >= 4 is 19.8 Å². The van der Waals surface area contributed by atoms with Gasteiger partial charge in [-0.3, -0.25) is 18.6 Å². The van der Waals surface area contributed by atoms with Gasteiger partial charge in [0.2, 0.25) is 0 Å². The van der Waals surface area contributed by atoms with Crippen LogP contribution in [0.15, 0.2) is 12.2 Å². The number of carbonyl (C=O) groups is 2. The van der Waals surface area contributed by atoms with Crippen molar-refractivity contribution in [3.63, 3.8) is 0 Å². The van der Waals surface area contributed by atoms with Crippen LogP contribution in [0.1, 0.15) is 341 Å². The summed E-state index contributed by atoms with van der Waals surface area (Å²) in [7, 11) is -4.38. The van der Waals surface area contributed by atoms with Gasteiger partial charge in [0.15, 0.2) is 6.10 Å². The molecule has 0 aliphatic heterocycles. The van der Waals surface area contributed by atoms with Crippen LogP contribution in [-0.2, 0) is 32.7 Å². The molecule has 2 unspecified atom stereocenters. The van der Waals surface area contributed by atoms with E-state index in [9.17, 15) is 19.0 Å². The Hall–Kier alpha value is -1.25. The highest BCUT2D eigenvalue weighted by atomic mass is 31.2. The van der Waals surface area contributed by atoms with E-state index in [2.05, 4.69) is 26.0 Å². The monoisotopic (exact) mass is 1040 g/mol. The molecule has 0 bridgehead atoms. The Balaban J connectivity index is 3.87. The highest BCUT2D eigenvalue weighted by Crippen LogP contribution is 2.43. The Bertz CT molecular complexity index is 1190. The number of hydrogen-bond donors (Lipinski definition) is 2. The standard InChI is InChI=1S/C62H122NO8P/c1-3-5-7-9-11-13-15-17-19-21-23-25-27-29-31-32-34-36-38-40-42-44-46-48-50-52-54-61(64)68-58-60(59-70-72(66,67)69-57-56-63)71-62(65)55-53-51-49-47-45-43-41-39-37-35-33-30-28-26-24-22-20-18-16-14-12-10-8-6-4-2/h22,24,60H,3-21,23,25-59,63H2,1-2H3,(H,66,67)/b24-22-. The number of allylic oxidation sites excluding steroid dienone is 2. The van der Waals surface area contributed by atoms with Crippen LogP contribution in [0.3, 0.4) is 0 Å². The van der Waals surface area contributed by atoms with Crippen molar-refractivity contribution in [3.8, 4) is 0 Å². The highest BCUT2D eigenvalue weighted by Gasteiger charge is 2.26. The molecule has 0 fully saturated rings. The van der Waals surface area contributed by atoms with E-state index in [4.69, 9.17) is 24.3 Å². The second-order valence-electron chi connectivity index (χ2n) is 21.6. The number of rotatable bonds is 61. The van der Waals surface area contributed by atoms with Gasteiger partial charge in [0, 0.05) is 19.4 Å². The third-order valence-corrected chi connectivity index (χ3v) is 15.4. The number of hydrogen-bond acceptors (Lipinski definition) is 8. The molecule has 0 aromatic heterocycles. The molecule has 0 aliphatic carbocycles. The zero-order valence-corrected chi connectivity index (χ0v) is 48.8. The first-order valence-electron chi connectivity index (χ1n) is 31.7. The number of nitrogens with two attached hydrogens (primary N) is 1. The fraction of sp³-hybridized carbons (Fsp3) is 0.935. The molecule has 0 spiro atoms.